The fraction of sp³-hybridized carbons (Fsp3) is 0.889. The van der Waals surface area contributed by atoms with E-state index in [2.05, 4.69) is 0 Å². The molecule has 6 heteroatoms. The summed E-state index contributed by atoms with van der Waals surface area (Å²) >= 11 is 0. The normalized spacial score (nSPS) is 26.9. The van der Waals surface area contributed by atoms with Gasteiger partial charge in [0.2, 0.25) is 0 Å². The van der Waals surface area contributed by atoms with Gasteiger partial charge in [-0.3, -0.25) is 4.79 Å². The van der Waals surface area contributed by atoms with E-state index in [1.807, 2.05) is 0 Å². The molecular formula is C9H14F3NO2. The van der Waals surface area contributed by atoms with E-state index in [1.165, 1.54) is 0 Å². The number of carbonyl (C=O) groups is 1. The van der Waals surface area contributed by atoms with Gasteiger partial charge in [0, 0.05) is 13.0 Å². The summed E-state index contributed by atoms with van der Waals surface area (Å²) in [5.74, 6) is -0.469. The molecule has 0 aliphatic carbocycles. The van der Waals surface area contributed by atoms with Gasteiger partial charge in [0.15, 0.2) is 5.78 Å². The predicted octanol–water partition coefficient (Wildman–Crippen LogP) is 1.40. The number of Topliss-reactive ketones (excluding diaryl/α,β-unsaturated/α-hetero) is 1. The van der Waals surface area contributed by atoms with E-state index in [9.17, 15) is 18.0 Å². The largest absolute Gasteiger partial charge is 0.389 e. The summed E-state index contributed by atoms with van der Waals surface area (Å²) in [5.41, 5.74) is 5.32. The van der Waals surface area contributed by atoms with Crippen molar-refractivity contribution < 1.29 is 22.7 Å². The van der Waals surface area contributed by atoms with Gasteiger partial charge in [-0.05, 0) is 12.8 Å². The van der Waals surface area contributed by atoms with Crippen molar-refractivity contribution in [1.82, 2.24) is 0 Å². The Morgan fingerprint density at radius 2 is 2.07 bits per heavy atom. The maximum atomic E-state index is 11.8. The van der Waals surface area contributed by atoms with Gasteiger partial charge in [-0.1, -0.05) is 0 Å². The van der Waals surface area contributed by atoms with Gasteiger partial charge in [-0.25, -0.2) is 0 Å². The third kappa shape index (κ3) is 4.17. The Bertz CT molecular complexity index is 230. The molecule has 0 spiro atoms. The third-order valence-corrected chi connectivity index (χ3v) is 2.38. The van der Waals surface area contributed by atoms with Crippen LogP contribution in [0.4, 0.5) is 13.2 Å². The molecule has 0 radical (unpaired) electrons. The summed E-state index contributed by atoms with van der Waals surface area (Å²) in [4.78, 5) is 11.3. The molecule has 0 saturated carbocycles. The van der Waals surface area contributed by atoms with Crippen molar-refractivity contribution >= 4 is 5.78 Å². The molecule has 1 aliphatic heterocycles. The Morgan fingerprint density at radius 1 is 1.40 bits per heavy atom. The lowest BCUT2D eigenvalue weighted by Crippen LogP contribution is -2.26. The number of ketones is 1. The van der Waals surface area contributed by atoms with Crippen molar-refractivity contribution in [2.75, 3.05) is 6.54 Å². The van der Waals surface area contributed by atoms with Crippen LogP contribution < -0.4 is 5.73 Å². The second-order valence-electron chi connectivity index (χ2n) is 3.64. The monoisotopic (exact) mass is 225 g/mol. The second kappa shape index (κ2) is 4.94. The minimum Gasteiger partial charge on any atom is -0.366 e. The smallest absolute Gasteiger partial charge is 0.366 e. The van der Waals surface area contributed by atoms with Crippen LogP contribution >= 0.6 is 0 Å². The van der Waals surface area contributed by atoms with Crippen molar-refractivity contribution in [2.24, 2.45) is 5.73 Å². The van der Waals surface area contributed by atoms with Crippen molar-refractivity contribution in [3.8, 4) is 0 Å². The van der Waals surface area contributed by atoms with Crippen LogP contribution in [0.1, 0.15) is 25.7 Å². The molecule has 2 unspecified atom stereocenters. The maximum absolute atomic E-state index is 11.8. The molecule has 2 N–H and O–H groups in total. The molecule has 2 atom stereocenters. The van der Waals surface area contributed by atoms with E-state index in [1.54, 1.807) is 0 Å². The van der Waals surface area contributed by atoms with Crippen molar-refractivity contribution in [3.05, 3.63) is 0 Å². The number of carbonyl (C=O) groups excluding carboxylic acids is 1. The molecule has 0 aromatic heterocycles. The average Bonchev–Trinajstić information content (AvgIpc) is 2.61. The van der Waals surface area contributed by atoms with Crippen LogP contribution in [-0.2, 0) is 9.53 Å². The van der Waals surface area contributed by atoms with Gasteiger partial charge in [0.1, 0.15) is 6.10 Å². The zero-order valence-electron chi connectivity index (χ0n) is 8.22. The molecule has 1 aliphatic rings. The van der Waals surface area contributed by atoms with E-state index in [0.717, 1.165) is 0 Å². The first-order chi connectivity index (χ1) is 6.92. The van der Waals surface area contributed by atoms with Gasteiger partial charge in [0.25, 0.3) is 0 Å². The van der Waals surface area contributed by atoms with Gasteiger partial charge in [0.05, 0.1) is 12.5 Å². The van der Waals surface area contributed by atoms with Crippen molar-refractivity contribution in [2.45, 2.75) is 44.1 Å². The van der Waals surface area contributed by atoms with Crippen molar-refractivity contribution in [3.63, 3.8) is 0 Å². The maximum Gasteiger partial charge on any atom is 0.389 e. The van der Waals surface area contributed by atoms with E-state index < -0.39 is 30.9 Å². The molecule has 0 aromatic rings. The summed E-state index contributed by atoms with van der Waals surface area (Å²) in [5, 5.41) is 0. The summed E-state index contributed by atoms with van der Waals surface area (Å²) in [6.45, 7) is 0.309. The Labute approximate surface area is 85.8 Å². The molecule has 0 aromatic carbocycles. The zero-order chi connectivity index (χ0) is 11.5. The first kappa shape index (κ1) is 12.4. The fourth-order valence-corrected chi connectivity index (χ4v) is 1.54. The van der Waals surface area contributed by atoms with Crippen molar-refractivity contribution in [1.29, 1.82) is 0 Å². The third-order valence-electron chi connectivity index (χ3n) is 2.38. The molecule has 1 fully saturated rings. The number of rotatable bonds is 4. The fourth-order valence-electron chi connectivity index (χ4n) is 1.54. The highest BCUT2D eigenvalue weighted by molar-refractivity contribution is 5.83. The Hall–Kier alpha value is -0.620. The number of ether oxygens (including phenoxy) is 1. The SMILES string of the molecule is NCC1CCC(C(=O)CCC(F)(F)F)O1. The van der Waals surface area contributed by atoms with E-state index in [-0.39, 0.29) is 6.10 Å². The Kier molecular flexibility index (Phi) is 4.10. The topological polar surface area (TPSA) is 52.3 Å². The van der Waals surface area contributed by atoms with E-state index in [4.69, 9.17) is 10.5 Å². The lowest BCUT2D eigenvalue weighted by Gasteiger charge is -2.11. The van der Waals surface area contributed by atoms with Crippen LogP contribution in [-0.4, -0.2) is 30.7 Å². The molecule has 3 nitrogen and oxygen atoms in total. The highest BCUT2D eigenvalue weighted by Gasteiger charge is 2.33. The summed E-state index contributed by atoms with van der Waals surface area (Å²) in [6, 6.07) is 0. The molecule has 15 heavy (non-hydrogen) atoms. The standard InChI is InChI=1S/C9H14F3NO2/c10-9(11,12)4-3-7(14)8-2-1-6(5-13)15-8/h6,8H,1-5,13H2. The molecule has 0 bridgehead atoms. The molecule has 1 heterocycles. The number of halogens is 3. The van der Waals surface area contributed by atoms with Crippen LogP contribution in [0.5, 0.6) is 0 Å². The second-order valence-corrected chi connectivity index (χ2v) is 3.64. The minimum absolute atomic E-state index is 0.176. The molecule has 1 saturated heterocycles. The first-order valence-electron chi connectivity index (χ1n) is 4.87. The quantitative estimate of drug-likeness (QED) is 0.786. The Balaban J connectivity index is 2.30. The molecule has 88 valence electrons. The summed E-state index contributed by atoms with van der Waals surface area (Å²) in [7, 11) is 0. The number of hydrogen-bond donors (Lipinski definition) is 1. The molecule has 1 rings (SSSR count). The van der Waals surface area contributed by atoms with Gasteiger partial charge < -0.3 is 10.5 Å². The predicted molar refractivity (Wildman–Crippen MR) is 47.2 cm³/mol. The number of hydrogen-bond acceptors (Lipinski definition) is 3. The lowest BCUT2D eigenvalue weighted by molar-refractivity contribution is -0.147. The highest BCUT2D eigenvalue weighted by atomic mass is 19.4. The Morgan fingerprint density at radius 3 is 2.53 bits per heavy atom. The zero-order valence-corrected chi connectivity index (χ0v) is 8.22. The van der Waals surface area contributed by atoms with E-state index in [0.29, 0.717) is 19.4 Å². The lowest BCUT2D eigenvalue weighted by atomic mass is 10.1. The highest BCUT2D eigenvalue weighted by Crippen LogP contribution is 2.25. The van der Waals surface area contributed by atoms with Gasteiger partial charge in [-0.15, -0.1) is 0 Å². The van der Waals surface area contributed by atoms with Crippen LogP contribution in [0.25, 0.3) is 0 Å². The minimum atomic E-state index is -4.28. The van der Waals surface area contributed by atoms with Gasteiger partial charge >= 0.3 is 6.18 Å². The van der Waals surface area contributed by atoms with Crippen LogP contribution in [0.3, 0.4) is 0 Å². The van der Waals surface area contributed by atoms with Crippen LogP contribution in [0.2, 0.25) is 0 Å². The van der Waals surface area contributed by atoms with E-state index >= 15 is 0 Å². The summed E-state index contributed by atoms with van der Waals surface area (Å²) < 4.78 is 40.7. The average molecular weight is 225 g/mol. The summed E-state index contributed by atoms with van der Waals surface area (Å²) in [6.07, 6.45) is -5.56. The number of nitrogens with two attached hydrogens (primary N) is 1. The van der Waals surface area contributed by atoms with Crippen LogP contribution in [0, 0.1) is 0 Å². The molecule has 0 amide bonds. The van der Waals surface area contributed by atoms with Crippen LogP contribution in [0.15, 0.2) is 0 Å². The number of alkyl halides is 3. The van der Waals surface area contributed by atoms with Gasteiger partial charge in [-0.2, -0.15) is 13.2 Å². The molecular weight excluding hydrogens is 211 g/mol. The first-order valence-corrected chi connectivity index (χ1v) is 4.87.